The molecule has 6 N–H and O–H groups in total. The summed E-state index contributed by atoms with van der Waals surface area (Å²) >= 11 is 0. The Bertz CT molecular complexity index is 837. The number of carbonyl (C=O) groups is 1. The lowest BCUT2D eigenvalue weighted by atomic mass is 9.99. The number of hydrogen-bond donors (Lipinski definition) is 6. The Kier molecular flexibility index (Phi) is 30.2. The van der Waals surface area contributed by atoms with Gasteiger partial charge in [0.05, 0.1) is 25.4 Å². The highest BCUT2D eigenvalue weighted by Gasteiger charge is 2.44. The minimum Gasteiger partial charge on any atom is -0.394 e. The van der Waals surface area contributed by atoms with Crippen LogP contribution in [0.25, 0.3) is 0 Å². The normalized spacial score (nSPS) is 22.4. The molecule has 0 aromatic heterocycles. The van der Waals surface area contributed by atoms with Crippen LogP contribution in [0, 0.1) is 0 Å². The van der Waals surface area contributed by atoms with Crippen molar-refractivity contribution in [3.05, 3.63) is 24.3 Å². The summed E-state index contributed by atoms with van der Waals surface area (Å²) in [5.74, 6) is -0.162. The van der Waals surface area contributed by atoms with E-state index in [9.17, 15) is 30.3 Å². The van der Waals surface area contributed by atoms with Crippen molar-refractivity contribution in [2.45, 2.75) is 217 Å². The van der Waals surface area contributed by atoms with Gasteiger partial charge in [0.2, 0.25) is 5.91 Å². The van der Waals surface area contributed by atoms with Gasteiger partial charge >= 0.3 is 0 Å². The van der Waals surface area contributed by atoms with E-state index in [2.05, 4.69) is 43.5 Å². The maximum Gasteiger partial charge on any atom is 0.220 e. The molecule has 294 valence electrons. The van der Waals surface area contributed by atoms with Crippen molar-refractivity contribution in [1.82, 2.24) is 5.32 Å². The first-order valence-electron chi connectivity index (χ1n) is 20.5. The van der Waals surface area contributed by atoms with E-state index in [0.717, 1.165) is 44.9 Å². The summed E-state index contributed by atoms with van der Waals surface area (Å²) in [4.78, 5) is 12.9. The molecule has 0 saturated carbocycles. The summed E-state index contributed by atoms with van der Waals surface area (Å²) in [7, 11) is 0. The molecule has 50 heavy (non-hydrogen) atoms. The fourth-order valence-corrected chi connectivity index (χ4v) is 6.38. The van der Waals surface area contributed by atoms with Gasteiger partial charge in [-0.1, -0.05) is 128 Å². The third-order valence-electron chi connectivity index (χ3n) is 9.78. The van der Waals surface area contributed by atoms with Gasteiger partial charge < -0.3 is 40.3 Å². The van der Waals surface area contributed by atoms with E-state index < -0.39 is 49.5 Å². The van der Waals surface area contributed by atoms with Crippen LogP contribution >= 0.6 is 0 Å². The minimum atomic E-state index is -1.56. The zero-order valence-corrected chi connectivity index (χ0v) is 31.9. The maximum absolute atomic E-state index is 12.9. The Balaban J connectivity index is 2.37. The van der Waals surface area contributed by atoms with E-state index in [4.69, 9.17) is 9.47 Å². The van der Waals surface area contributed by atoms with E-state index in [1.165, 1.54) is 103 Å². The lowest BCUT2D eigenvalue weighted by molar-refractivity contribution is -0.302. The molecule has 0 aliphatic carbocycles. The largest absolute Gasteiger partial charge is 0.394 e. The molecule has 0 aromatic carbocycles. The van der Waals surface area contributed by atoms with Gasteiger partial charge in [-0.15, -0.1) is 0 Å². The Morgan fingerprint density at radius 1 is 0.660 bits per heavy atom. The Hall–Kier alpha value is -1.33. The van der Waals surface area contributed by atoms with E-state index in [-0.39, 0.29) is 12.5 Å². The van der Waals surface area contributed by atoms with Crippen LogP contribution in [-0.4, -0.2) is 87.5 Å². The fourth-order valence-electron chi connectivity index (χ4n) is 6.38. The predicted molar refractivity (Wildman–Crippen MR) is 203 cm³/mol. The molecule has 1 heterocycles. The number of nitrogens with one attached hydrogen (secondary N) is 1. The lowest BCUT2D eigenvalue weighted by Crippen LogP contribution is -2.60. The summed E-state index contributed by atoms with van der Waals surface area (Å²) in [5, 5.41) is 54.0. The molecule has 1 saturated heterocycles. The highest BCUT2D eigenvalue weighted by atomic mass is 16.7. The highest BCUT2D eigenvalue weighted by molar-refractivity contribution is 5.76. The van der Waals surface area contributed by atoms with Gasteiger partial charge in [0.25, 0.3) is 0 Å². The Morgan fingerprint density at radius 3 is 1.64 bits per heavy atom. The second kappa shape index (κ2) is 32.3. The number of amides is 1. The molecule has 1 aliphatic heterocycles. The second-order valence-electron chi connectivity index (χ2n) is 14.4. The first-order valence-corrected chi connectivity index (χ1v) is 20.5. The second-order valence-corrected chi connectivity index (χ2v) is 14.4. The highest BCUT2D eigenvalue weighted by Crippen LogP contribution is 2.23. The average molecular weight is 712 g/mol. The summed E-state index contributed by atoms with van der Waals surface area (Å²) in [6.45, 7) is 3.76. The van der Waals surface area contributed by atoms with Crippen molar-refractivity contribution in [1.29, 1.82) is 0 Å². The van der Waals surface area contributed by atoms with Gasteiger partial charge in [-0.25, -0.2) is 0 Å². The van der Waals surface area contributed by atoms with Gasteiger partial charge in [-0.05, 0) is 64.2 Å². The van der Waals surface area contributed by atoms with Gasteiger partial charge in [0.15, 0.2) is 6.29 Å². The van der Waals surface area contributed by atoms with E-state index in [0.29, 0.717) is 12.8 Å². The van der Waals surface area contributed by atoms with Crippen LogP contribution < -0.4 is 5.32 Å². The van der Waals surface area contributed by atoms with Crippen molar-refractivity contribution >= 4 is 5.91 Å². The van der Waals surface area contributed by atoms with Crippen molar-refractivity contribution in [3.63, 3.8) is 0 Å². The summed E-state index contributed by atoms with van der Waals surface area (Å²) < 4.78 is 11.2. The molecule has 1 fully saturated rings. The fraction of sp³-hybridized carbons (Fsp3) is 0.878. The molecule has 1 rings (SSSR count). The number of ether oxygens (including phenoxy) is 2. The number of aliphatic hydroxyl groups excluding tert-OH is 5. The zero-order chi connectivity index (χ0) is 36.7. The first-order chi connectivity index (χ1) is 24.3. The number of unbranched alkanes of at least 4 members (excludes halogenated alkanes) is 19. The summed E-state index contributed by atoms with van der Waals surface area (Å²) in [6.07, 6.45) is 29.0. The lowest BCUT2D eigenvalue weighted by Gasteiger charge is -2.40. The van der Waals surface area contributed by atoms with E-state index in [1.54, 1.807) is 0 Å². The molecule has 2 unspecified atom stereocenters. The third-order valence-corrected chi connectivity index (χ3v) is 9.78. The van der Waals surface area contributed by atoms with Crippen LogP contribution in [0.2, 0.25) is 0 Å². The smallest absolute Gasteiger partial charge is 0.220 e. The number of rotatable bonds is 33. The number of hydrogen-bond acceptors (Lipinski definition) is 8. The Morgan fingerprint density at radius 2 is 1.12 bits per heavy atom. The molecule has 0 bridgehead atoms. The van der Waals surface area contributed by atoms with Gasteiger partial charge in [-0.3, -0.25) is 4.79 Å². The van der Waals surface area contributed by atoms with Crippen molar-refractivity contribution in [2.24, 2.45) is 0 Å². The monoisotopic (exact) mass is 712 g/mol. The van der Waals surface area contributed by atoms with Crippen LogP contribution in [0.5, 0.6) is 0 Å². The molecule has 9 heteroatoms. The summed E-state index contributed by atoms with van der Waals surface area (Å²) in [6, 6.07) is -0.733. The zero-order valence-electron chi connectivity index (χ0n) is 31.9. The SMILES string of the molecule is CCCCCC/C=C/CCCC[C@@H](O)[C@H](CO[C@H]1O[C@@H](CO)[C@H](O)C(O)C1O)NC(=O)CCCCCCCCC/C=C/CCCCCCCC. The molecule has 1 aliphatic rings. The molecule has 1 amide bonds. The van der Waals surface area contributed by atoms with Crippen LogP contribution in [0.3, 0.4) is 0 Å². The first kappa shape index (κ1) is 46.7. The number of allylic oxidation sites excluding steroid dienone is 4. The average Bonchev–Trinajstić information content (AvgIpc) is 3.11. The van der Waals surface area contributed by atoms with Crippen LogP contribution in [0.1, 0.15) is 174 Å². The number of aliphatic hydroxyl groups is 5. The predicted octanol–water partition coefficient (Wildman–Crippen LogP) is 7.55. The molecular weight excluding hydrogens is 634 g/mol. The van der Waals surface area contributed by atoms with E-state index >= 15 is 0 Å². The Labute approximate surface area is 305 Å². The van der Waals surface area contributed by atoms with Gasteiger partial charge in [-0.2, -0.15) is 0 Å². The number of carbonyl (C=O) groups excluding carboxylic acids is 1. The minimum absolute atomic E-state index is 0.151. The quantitative estimate of drug-likeness (QED) is 0.0302. The van der Waals surface area contributed by atoms with Crippen LogP contribution in [0.4, 0.5) is 0 Å². The van der Waals surface area contributed by atoms with Crippen LogP contribution in [-0.2, 0) is 14.3 Å². The van der Waals surface area contributed by atoms with Gasteiger partial charge in [0, 0.05) is 6.42 Å². The van der Waals surface area contributed by atoms with E-state index in [1.807, 2.05) is 0 Å². The molecule has 9 nitrogen and oxygen atoms in total. The van der Waals surface area contributed by atoms with Crippen molar-refractivity contribution < 1.29 is 39.8 Å². The van der Waals surface area contributed by atoms with Gasteiger partial charge in [0.1, 0.15) is 24.4 Å². The topological polar surface area (TPSA) is 149 Å². The standard InChI is InChI=1S/C41H77NO8/c1-3-5-7-9-11-13-15-16-17-18-19-20-21-23-25-27-29-31-37(45)42-34(33-49-41-40(48)39(47)38(46)36(32-43)50-41)35(44)30-28-26-24-22-14-12-10-8-6-4-2/h14,16-17,22,34-36,38-41,43-44,46-48H,3-13,15,18-21,23-33H2,1-2H3,(H,42,45)/b17-16+,22-14+/t34-,35+,36-,38-,39?,40?,41-/m0/s1. The summed E-state index contributed by atoms with van der Waals surface area (Å²) in [5.41, 5.74) is 0. The third kappa shape index (κ3) is 23.3. The maximum atomic E-state index is 12.9. The van der Waals surface area contributed by atoms with Crippen molar-refractivity contribution in [2.75, 3.05) is 13.2 Å². The molecule has 0 radical (unpaired) electrons. The molecular formula is C41H77NO8. The molecule has 7 atom stereocenters. The molecule has 0 aromatic rings. The van der Waals surface area contributed by atoms with Crippen LogP contribution in [0.15, 0.2) is 24.3 Å². The van der Waals surface area contributed by atoms with Crippen molar-refractivity contribution in [3.8, 4) is 0 Å². The molecule has 0 spiro atoms.